The van der Waals surface area contributed by atoms with Gasteiger partial charge in [0.15, 0.2) is 0 Å². The second kappa shape index (κ2) is 13.3. The number of hydrogen-bond donors (Lipinski definition) is 0. The van der Waals surface area contributed by atoms with Crippen LogP contribution in [0.4, 0.5) is 0 Å². The Morgan fingerprint density at radius 1 is 0.774 bits per heavy atom. The van der Waals surface area contributed by atoms with E-state index < -0.39 is 0 Å². The molecule has 0 radical (unpaired) electrons. The highest BCUT2D eigenvalue weighted by molar-refractivity contribution is 5.24. The molecule has 0 spiro atoms. The van der Waals surface area contributed by atoms with Crippen LogP contribution >= 0.6 is 0 Å². The van der Waals surface area contributed by atoms with Gasteiger partial charge in [-0.15, -0.1) is 6.58 Å². The van der Waals surface area contributed by atoms with Gasteiger partial charge in [-0.2, -0.15) is 0 Å². The van der Waals surface area contributed by atoms with Crippen LogP contribution < -0.4 is 0 Å². The molecule has 0 bridgehead atoms. The van der Waals surface area contributed by atoms with E-state index >= 15 is 0 Å². The summed E-state index contributed by atoms with van der Waals surface area (Å²) in [7, 11) is 0. The number of benzene rings is 2. The van der Waals surface area contributed by atoms with Crippen molar-refractivity contribution in [2.45, 2.75) is 71.3 Å². The van der Waals surface area contributed by atoms with Crippen LogP contribution in [0.1, 0.15) is 67.7 Å². The fourth-order valence-electron chi connectivity index (χ4n) is 4.71. The van der Waals surface area contributed by atoms with E-state index in [1.165, 1.54) is 73.6 Å². The van der Waals surface area contributed by atoms with Gasteiger partial charge in [0.05, 0.1) is 13.2 Å². The molecule has 0 atom stereocenters. The third kappa shape index (κ3) is 8.50. The lowest BCUT2D eigenvalue weighted by Crippen LogP contribution is -2.15. The van der Waals surface area contributed by atoms with Crippen LogP contribution in [0.3, 0.4) is 0 Å². The summed E-state index contributed by atoms with van der Waals surface area (Å²) in [5.74, 6) is 1.84. The second-order valence-electron chi connectivity index (χ2n) is 9.17. The van der Waals surface area contributed by atoms with Crippen molar-refractivity contribution in [3.05, 3.63) is 95.6 Å². The van der Waals surface area contributed by atoms with Crippen molar-refractivity contribution in [1.82, 2.24) is 0 Å². The molecule has 0 saturated heterocycles. The fraction of sp³-hybridized carbons (Fsp3) is 0.467. The van der Waals surface area contributed by atoms with Gasteiger partial charge >= 0.3 is 0 Å². The highest BCUT2D eigenvalue weighted by atomic mass is 16.5. The van der Waals surface area contributed by atoms with E-state index in [0.717, 1.165) is 18.3 Å². The molecular formula is C30H40O. The molecule has 0 heterocycles. The minimum atomic E-state index is 0.619. The van der Waals surface area contributed by atoms with Crippen molar-refractivity contribution >= 4 is 0 Å². The maximum atomic E-state index is 5.52. The fourth-order valence-corrected chi connectivity index (χ4v) is 4.71. The highest BCUT2D eigenvalue weighted by Gasteiger charge is 2.20. The molecule has 3 rings (SSSR count). The normalized spacial score (nSPS) is 19.0. The average Bonchev–Trinajstić information content (AvgIpc) is 2.82. The van der Waals surface area contributed by atoms with Crippen LogP contribution in [0.15, 0.2) is 73.3 Å². The van der Waals surface area contributed by atoms with Gasteiger partial charge in [0.25, 0.3) is 0 Å². The molecule has 31 heavy (non-hydrogen) atoms. The smallest absolute Gasteiger partial charge is 0.0721 e. The van der Waals surface area contributed by atoms with Gasteiger partial charge in [-0.25, -0.2) is 0 Å². The molecule has 1 fully saturated rings. The van der Waals surface area contributed by atoms with E-state index in [1.54, 1.807) is 6.08 Å². The Balaban J connectivity index is 1.32. The zero-order valence-electron chi connectivity index (χ0n) is 19.4. The van der Waals surface area contributed by atoms with E-state index in [2.05, 4.69) is 74.2 Å². The predicted octanol–water partition coefficient (Wildman–Crippen LogP) is 7.88. The van der Waals surface area contributed by atoms with Crippen molar-refractivity contribution in [3.8, 4) is 0 Å². The van der Waals surface area contributed by atoms with Gasteiger partial charge in [-0.1, -0.05) is 92.4 Å². The molecule has 0 N–H and O–H groups in total. The molecule has 1 heteroatoms. The Kier molecular flexibility index (Phi) is 10.1. The summed E-state index contributed by atoms with van der Waals surface area (Å²) in [5, 5.41) is 0. The lowest BCUT2D eigenvalue weighted by molar-refractivity contribution is 0.149. The number of rotatable bonds is 12. The number of hydrogen-bond acceptors (Lipinski definition) is 1. The Labute approximate surface area is 190 Å². The highest BCUT2D eigenvalue weighted by Crippen LogP contribution is 2.34. The van der Waals surface area contributed by atoms with Crippen LogP contribution in [0.25, 0.3) is 0 Å². The second-order valence-corrected chi connectivity index (χ2v) is 9.17. The molecule has 0 amide bonds. The Hall–Kier alpha value is -2.12. The van der Waals surface area contributed by atoms with E-state index in [0.29, 0.717) is 13.2 Å². The first-order valence-corrected chi connectivity index (χ1v) is 12.2. The lowest BCUT2D eigenvalue weighted by atomic mass is 9.77. The molecule has 166 valence electrons. The van der Waals surface area contributed by atoms with Crippen molar-refractivity contribution < 1.29 is 4.74 Å². The number of ether oxygens (including phenoxy) is 1. The Morgan fingerprint density at radius 3 is 1.74 bits per heavy atom. The van der Waals surface area contributed by atoms with Gasteiger partial charge in [0.2, 0.25) is 0 Å². The molecule has 0 aliphatic heterocycles. The molecule has 0 unspecified atom stereocenters. The van der Waals surface area contributed by atoms with Gasteiger partial charge in [-0.05, 0) is 73.1 Å². The summed E-state index contributed by atoms with van der Waals surface area (Å²) in [5.41, 5.74) is 5.63. The quantitative estimate of drug-likeness (QED) is 0.252. The molecule has 1 aliphatic rings. The largest absolute Gasteiger partial charge is 0.373 e. The minimum Gasteiger partial charge on any atom is -0.373 e. The van der Waals surface area contributed by atoms with Crippen LogP contribution in [0, 0.1) is 11.8 Å². The molecule has 1 aliphatic carbocycles. The van der Waals surface area contributed by atoms with Crippen molar-refractivity contribution in [2.75, 3.05) is 6.61 Å². The molecule has 0 aromatic heterocycles. The maximum absolute atomic E-state index is 5.52. The van der Waals surface area contributed by atoms with Gasteiger partial charge in [0.1, 0.15) is 0 Å². The van der Waals surface area contributed by atoms with Crippen LogP contribution in [-0.4, -0.2) is 6.61 Å². The predicted molar refractivity (Wildman–Crippen MR) is 133 cm³/mol. The first-order valence-electron chi connectivity index (χ1n) is 12.2. The molecular weight excluding hydrogens is 376 g/mol. The lowest BCUT2D eigenvalue weighted by Gasteiger charge is -2.28. The van der Waals surface area contributed by atoms with Crippen LogP contribution in [0.5, 0.6) is 0 Å². The summed E-state index contributed by atoms with van der Waals surface area (Å²) in [6.45, 7) is 7.07. The third-order valence-electron chi connectivity index (χ3n) is 6.79. The molecule has 2 aromatic carbocycles. The van der Waals surface area contributed by atoms with Gasteiger partial charge in [-0.3, -0.25) is 0 Å². The standard InChI is InChI=1S/C30H40O/c1-3-5-6-25-7-9-26(10-8-25)11-12-27-13-15-28(16-14-27)17-18-29-19-21-30(22-20-29)24-31-23-4-2/h3-5,7-10,19-22,27-28H,2,6,11-18,23-24H2,1H3. The van der Waals surface area contributed by atoms with Crippen LogP contribution in [-0.2, 0) is 30.6 Å². The van der Waals surface area contributed by atoms with Crippen molar-refractivity contribution in [3.63, 3.8) is 0 Å². The summed E-state index contributed by atoms with van der Waals surface area (Å²) >= 11 is 0. The first-order chi connectivity index (χ1) is 15.3. The van der Waals surface area contributed by atoms with Crippen LogP contribution in [0.2, 0.25) is 0 Å². The molecule has 2 aromatic rings. The van der Waals surface area contributed by atoms with Crippen molar-refractivity contribution in [2.24, 2.45) is 11.8 Å². The average molecular weight is 417 g/mol. The topological polar surface area (TPSA) is 9.23 Å². The first kappa shape index (κ1) is 23.5. The van der Waals surface area contributed by atoms with E-state index in [4.69, 9.17) is 4.74 Å². The molecule has 1 nitrogen and oxygen atoms in total. The number of allylic oxidation sites excluding steroid dienone is 2. The SMILES string of the molecule is C=CCOCc1ccc(CCC2CCC(CCc3ccc(CC=CC)cc3)CC2)cc1. The monoisotopic (exact) mass is 416 g/mol. The Bertz CT molecular complexity index is 776. The van der Waals surface area contributed by atoms with Gasteiger partial charge < -0.3 is 4.74 Å². The summed E-state index contributed by atoms with van der Waals surface area (Å²) in [6.07, 6.45) is 18.0. The van der Waals surface area contributed by atoms with Gasteiger partial charge in [0, 0.05) is 0 Å². The molecule has 1 saturated carbocycles. The van der Waals surface area contributed by atoms with E-state index in [1.807, 2.05) is 0 Å². The maximum Gasteiger partial charge on any atom is 0.0721 e. The minimum absolute atomic E-state index is 0.619. The summed E-state index contributed by atoms with van der Waals surface area (Å²) < 4.78 is 5.52. The Morgan fingerprint density at radius 2 is 1.26 bits per heavy atom. The number of aryl methyl sites for hydroxylation is 2. The summed E-state index contributed by atoms with van der Waals surface area (Å²) in [6, 6.07) is 18.2. The van der Waals surface area contributed by atoms with Crippen molar-refractivity contribution in [1.29, 1.82) is 0 Å². The zero-order valence-corrected chi connectivity index (χ0v) is 19.4. The zero-order chi connectivity index (χ0) is 21.7. The van der Waals surface area contributed by atoms with E-state index in [-0.39, 0.29) is 0 Å². The third-order valence-corrected chi connectivity index (χ3v) is 6.79. The van der Waals surface area contributed by atoms with E-state index in [9.17, 15) is 0 Å². The summed E-state index contributed by atoms with van der Waals surface area (Å²) in [4.78, 5) is 0.